The van der Waals surface area contributed by atoms with Crippen molar-refractivity contribution in [2.45, 2.75) is 49.6 Å². The Morgan fingerprint density at radius 3 is 3.13 bits per heavy atom. The fraction of sp³-hybridized carbons (Fsp3) is 0.526. The van der Waals surface area contributed by atoms with E-state index in [1.165, 1.54) is 16.0 Å². The molecule has 1 saturated heterocycles. The van der Waals surface area contributed by atoms with Crippen LogP contribution >= 0.6 is 11.8 Å². The number of amides is 1. The summed E-state index contributed by atoms with van der Waals surface area (Å²) in [6.45, 7) is 3.60. The van der Waals surface area contributed by atoms with Crippen LogP contribution in [0.4, 0.5) is 0 Å². The summed E-state index contributed by atoms with van der Waals surface area (Å²) in [7, 11) is 0. The Morgan fingerprint density at radius 1 is 1.43 bits per heavy atom. The molecule has 1 amide bonds. The van der Waals surface area contributed by atoms with Crippen molar-refractivity contribution in [2.75, 3.05) is 18.8 Å². The maximum Gasteiger partial charge on any atom is 0.237 e. The zero-order valence-electron chi connectivity index (χ0n) is 13.7. The van der Waals surface area contributed by atoms with Crippen molar-refractivity contribution < 1.29 is 4.79 Å². The molecule has 2 aliphatic heterocycles. The van der Waals surface area contributed by atoms with Crippen LogP contribution < -0.4 is 5.32 Å². The molecule has 2 heterocycles. The zero-order valence-corrected chi connectivity index (χ0v) is 14.5. The molecule has 3 rings (SSSR count). The number of nitrogens with zero attached hydrogens (tertiary/aromatic N) is 1. The van der Waals surface area contributed by atoms with E-state index in [1.54, 1.807) is 0 Å². The van der Waals surface area contributed by atoms with E-state index >= 15 is 0 Å². The van der Waals surface area contributed by atoms with Crippen LogP contribution in [0.5, 0.6) is 0 Å². The molecule has 0 bridgehead atoms. The number of carbonyl (C=O) groups excluding carboxylic acids is 1. The SMILES string of the molecule is C#CCN1CCCC[C@@H]1C(=O)N[C@H]1CCSc2ccc(C)cc21. The zero-order chi connectivity index (χ0) is 16.2. The molecule has 23 heavy (non-hydrogen) atoms. The number of terminal acetylenes is 1. The first-order valence-electron chi connectivity index (χ1n) is 8.40. The maximum atomic E-state index is 12.8. The molecule has 0 aromatic heterocycles. The van der Waals surface area contributed by atoms with Gasteiger partial charge in [-0.2, -0.15) is 0 Å². The van der Waals surface area contributed by atoms with Gasteiger partial charge in [-0.15, -0.1) is 18.2 Å². The van der Waals surface area contributed by atoms with Gasteiger partial charge in [0.2, 0.25) is 5.91 Å². The van der Waals surface area contributed by atoms with E-state index in [1.807, 2.05) is 11.8 Å². The van der Waals surface area contributed by atoms with E-state index in [0.29, 0.717) is 6.54 Å². The molecular formula is C19H24N2OS. The van der Waals surface area contributed by atoms with E-state index in [2.05, 4.69) is 41.3 Å². The highest BCUT2D eigenvalue weighted by atomic mass is 32.2. The molecule has 2 atom stereocenters. The number of thioether (sulfide) groups is 1. The van der Waals surface area contributed by atoms with Crippen molar-refractivity contribution >= 4 is 17.7 Å². The van der Waals surface area contributed by atoms with Gasteiger partial charge in [0.15, 0.2) is 0 Å². The second kappa shape index (κ2) is 7.42. The van der Waals surface area contributed by atoms with Crippen LogP contribution in [0.25, 0.3) is 0 Å². The first-order chi connectivity index (χ1) is 11.2. The summed E-state index contributed by atoms with van der Waals surface area (Å²) in [4.78, 5) is 16.3. The van der Waals surface area contributed by atoms with Crippen LogP contribution in [0.2, 0.25) is 0 Å². The number of aryl methyl sites for hydroxylation is 1. The van der Waals surface area contributed by atoms with Gasteiger partial charge in [0, 0.05) is 10.6 Å². The Kier molecular flexibility index (Phi) is 5.30. The molecule has 0 aliphatic carbocycles. The van der Waals surface area contributed by atoms with Crippen LogP contribution in [0.3, 0.4) is 0 Å². The Morgan fingerprint density at radius 2 is 2.30 bits per heavy atom. The minimum atomic E-state index is -0.0670. The average Bonchev–Trinajstić information content (AvgIpc) is 2.56. The minimum absolute atomic E-state index is 0.0670. The number of nitrogens with one attached hydrogen (secondary N) is 1. The first-order valence-corrected chi connectivity index (χ1v) is 9.39. The lowest BCUT2D eigenvalue weighted by atomic mass is 9.98. The summed E-state index contributed by atoms with van der Waals surface area (Å²) in [5.74, 6) is 3.89. The number of hydrogen-bond donors (Lipinski definition) is 1. The van der Waals surface area contributed by atoms with Crippen LogP contribution in [-0.4, -0.2) is 35.7 Å². The quantitative estimate of drug-likeness (QED) is 0.865. The molecule has 1 fully saturated rings. The lowest BCUT2D eigenvalue weighted by Crippen LogP contribution is -2.50. The Labute approximate surface area is 143 Å². The van der Waals surface area contributed by atoms with Crippen molar-refractivity contribution in [3.63, 3.8) is 0 Å². The largest absolute Gasteiger partial charge is 0.348 e. The lowest BCUT2D eigenvalue weighted by molar-refractivity contribution is -0.128. The minimum Gasteiger partial charge on any atom is -0.348 e. The van der Waals surface area contributed by atoms with Crippen molar-refractivity contribution in [1.82, 2.24) is 10.2 Å². The maximum absolute atomic E-state index is 12.8. The highest BCUT2D eigenvalue weighted by molar-refractivity contribution is 7.99. The van der Waals surface area contributed by atoms with Gasteiger partial charge >= 0.3 is 0 Å². The summed E-state index contributed by atoms with van der Waals surface area (Å²) in [5, 5.41) is 3.30. The van der Waals surface area contributed by atoms with Crippen molar-refractivity contribution in [3.8, 4) is 12.3 Å². The molecule has 122 valence electrons. The average molecular weight is 328 g/mol. The predicted octanol–water partition coefficient (Wildman–Crippen LogP) is 3.14. The van der Waals surface area contributed by atoms with Crippen LogP contribution in [0, 0.1) is 19.3 Å². The summed E-state index contributed by atoms with van der Waals surface area (Å²) >= 11 is 1.88. The van der Waals surface area contributed by atoms with E-state index in [-0.39, 0.29) is 18.0 Å². The third-order valence-corrected chi connectivity index (χ3v) is 5.85. The van der Waals surface area contributed by atoms with Gasteiger partial charge in [0.05, 0.1) is 18.6 Å². The second-order valence-electron chi connectivity index (χ2n) is 6.43. The van der Waals surface area contributed by atoms with Gasteiger partial charge in [-0.3, -0.25) is 9.69 Å². The number of piperidine rings is 1. The first kappa shape index (κ1) is 16.4. The summed E-state index contributed by atoms with van der Waals surface area (Å²) in [6, 6.07) is 6.60. The lowest BCUT2D eigenvalue weighted by Gasteiger charge is -2.35. The fourth-order valence-corrected chi connectivity index (χ4v) is 4.63. The standard InChI is InChI=1S/C19H24N2OS/c1-3-10-21-11-5-4-6-17(21)19(22)20-16-9-12-23-18-8-7-14(2)13-15(16)18/h1,7-8,13,16-17H,4-6,9-12H2,2H3,(H,20,22)/t16-,17+/m0/s1. The van der Waals surface area contributed by atoms with Crippen molar-refractivity contribution in [3.05, 3.63) is 29.3 Å². The second-order valence-corrected chi connectivity index (χ2v) is 7.56. The van der Waals surface area contributed by atoms with E-state index < -0.39 is 0 Å². The molecule has 1 aromatic rings. The number of rotatable bonds is 3. The van der Waals surface area contributed by atoms with Crippen molar-refractivity contribution in [2.24, 2.45) is 0 Å². The molecule has 0 unspecified atom stereocenters. The van der Waals surface area contributed by atoms with E-state index in [9.17, 15) is 4.79 Å². The Balaban J connectivity index is 1.73. The predicted molar refractivity (Wildman–Crippen MR) is 95.4 cm³/mol. The molecule has 2 aliphatic rings. The summed E-state index contributed by atoms with van der Waals surface area (Å²) in [6.07, 6.45) is 9.61. The Bertz CT molecular complexity index is 622. The monoisotopic (exact) mass is 328 g/mol. The number of hydrogen-bond acceptors (Lipinski definition) is 3. The van der Waals surface area contributed by atoms with Crippen LogP contribution in [0.15, 0.2) is 23.1 Å². The van der Waals surface area contributed by atoms with Gasteiger partial charge in [0.1, 0.15) is 0 Å². The van der Waals surface area contributed by atoms with Crippen molar-refractivity contribution in [1.29, 1.82) is 0 Å². The molecule has 0 saturated carbocycles. The summed E-state index contributed by atoms with van der Waals surface area (Å²) in [5.41, 5.74) is 2.52. The molecule has 1 aromatic carbocycles. The number of benzene rings is 1. The van der Waals surface area contributed by atoms with Gasteiger partial charge in [-0.25, -0.2) is 0 Å². The van der Waals surface area contributed by atoms with Crippen LogP contribution in [0.1, 0.15) is 42.9 Å². The molecular weight excluding hydrogens is 304 g/mol. The van der Waals surface area contributed by atoms with E-state index in [0.717, 1.165) is 38.0 Å². The smallest absolute Gasteiger partial charge is 0.237 e. The molecule has 3 nitrogen and oxygen atoms in total. The normalized spacial score (nSPS) is 24.5. The van der Waals surface area contributed by atoms with Gasteiger partial charge in [0.25, 0.3) is 0 Å². The highest BCUT2D eigenvalue weighted by Crippen LogP contribution is 2.36. The molecule has 4 heteroatoms. The number of fused-ring (bicyclic) bond motifs is 1. The Hall–Kier alpha value is -1.44. The van der Waals surface area contributed by atoms with E-state index in [4.69, 9.17) is 6.42 Å². The summed E-state index contributed by atoms with van der Waals surface area (Å²) < 4.78 is 0. The fourth-order valence-electron chi connectivity index (χ4n) is 3.53. The van der Waals surface area contributed by atoms with Gasteiger partial charge < -0.3 is 5.32 Å². The topological polar surface area (TPSA) is 32.3 Å². The molecule has 1 N–H and O–H groups in total. The third kappa shape index (κ3) is 3.73. The molecule has 0 radical (unpaired) electrons. The third-order valence-electron chi connectivity index (χ3n) is 4.73. The van der Waals surface area contributed by atoms with Gasteiger partial charge in [-0.05, 0) is 44.4 Å². The van der Waals surface area contributed by atoms with Crippen LogP contribution in [-0.2, 0) is 4.79 Å². The highest BCUT2D eigenvalue weighted by Gasteiger charge is 2.31. The number of carbonyl (C=O) groups is 1. The number of likely N-dealkylation sites (tertiary alicyclic amines) is 1. The molecule has 0 spiro atoms. The van der Waals surface area contributed by atoms with Gasteiger partial charge in [-0.1, -0.05) is 30.0 Å².